The smallest absolute Gasteiger partial charge is 0.391 e. The zero-order valence-electron chi connectivity index (χ0n) is 53.2. The Morgan fingerprint density at radius 2 is 0.731 bits per heavy atom. The van der Waals surface area contributed by atoms with Gasteiger partial charge in [-0.05, 0) is 44.9 Å². The summed E-state index contributed by atoms with van der Waals surface area (Å²) >= 11 is 0. The predicted molar refractivity (Wildman–Crippen MR) is 342 cm³/mol. The second kappa shape index (κ2) is 60.6. The first-order chi connectivity index (χ1) is 38.0. The molecule has 0 saturated carbocycles. The topological polar surface area (TPSA) is 105 Å². The minimum Gasteiger partial charge on any atom is -0.391 e. The van der Waals surface area contributed by atoms with E-state index in [1.807, 2.05) is 21.1 Å². The van der Waals surface area contributed by atoms with Gasteiger partial charge in [0, 0.05) is 6.42 Å². The van der Waals surface area contributed by atoms with Crippen molar-refractivity contribution in [3.8, 4) is 0 Å². The molecule has 8 nitrogen and oxygen atoms in total. The highest BCUT2D eigenvalue weighted by molar-refractivity contribution is 7.47. The standard InChI is InChI=1S/C69H137N2O6P/c1-6-8-10-12-14-16-18-20-22-24-26-28-30-31-32-33-34-35-36-37-38-39-41-43-45-47-49-51-53-55-57-59-61-63-69(73)70-67(66-77-78(74,75)76-65-64-71(3,4)5)68(72)62-60-58-56-54-52-50-48-46-44-42-40-29-27-25-23-21-19-17-15-13-11-9-7-2/h26,28,31-32,67-68,72H,6-25,27,29-30,33-66H2,1-5H3,(H-,70,73,74,75)/p+1/b28-26-,32-31-. The van der Waals surface area contributed by atoms with Gasteiger partial charge in [-0.3, -0.25) is 13.8 Å². The maximum atomic E-state index is 13.1. The first kappa shape index (κ1) is 77.0. The van der Waals surface area contributed by atoms with Gasteiger partial charge in [0.05, 0.1) is 39.9 Å². The molecule has 0 aromatic heterocycles. The number of carbonyl (C=O) groups excluding carboxylic acids is 1. The van der Waals surface area contributed by atoms with Crippen molar-refractivity contribution in [1.82, 2.24) is 5.32 Å². The Morgan fingerprint density at radius 1 is 0.436 bits per heavy atom. The molecule has 0 saturated heterocycles. The van der Waals surface area contributed by atoms with Crippen molar-refractivity contribution in [2.45, 2.75) is 373 Å². The Kier molecular flexibility index (Phi) is 59.8. The minimum absolute atomic E-state index is 0.0772. The van der Waals surface area contributed by atoms with Gasteiger partial charge in [-0.2, -0.15) is 0 Å². The number of unbranched alkanes of at least 4 members (excludes halogenated alkanes) is 48. The molecule has 0 fully saturated rings. The number of carbonyl (C=O) groups is 1. The number of hydrogen-bond acceptors (Lipinski definition) is 5. The summed E-state index contributed by atoms with van der Waals surface area (Å²) in [6, 6.07) is -0.760. The third-order valence-corrected chi connectivity index (χ3v) is 17.2. The molecule has 0 aromatic rings. The SMILES string of the molecule is CCCCCCCCCCC/C=C\C/C=C\CCCCCCCCCCCCCCCCCCCC(=O)NC(COP(=O)(O)OCC[N+](C)(C)C)C(O)CCCCCCCCCCCCCCCCCCCCCCCCC. The summed E-state index contributed by atoms with van der Waals surface area (Å²) < 4.78 is 23.9. The fraction of sp³-hybridized carbons (Fsp3) is 0.928. The van der Waals surface area contributed by atoms with Crippen LogP contribution in [-0.4, -0.2) is 73.4 Å². The molecule has 3 N–H and O–H groups in total. The molecule has 9 heteroatoms. The van der Waals surface area contributed by atoms with Crippen LogP contribution in [0.15, 0.2) is 24.3 Å². The lowest BCUT2D eigenvalue weighted by Crippen LogP contribution is -2.46. The highest BCUT2D eigenvalue weighted by Crippen LogP contribution is 2.43. The van der Waals surface area contributed by atoms with Gasteiger partial charge in [-0.1, -0.05) is 334 Å². The Labute approximate surface area is 487 Å². The number of nitrogens with one attached hydrogen (secondary N) is 1. The molecule has 1 amide bonds. The Hall–Kier alpha value is -1.02. The number of aliphatic hydroxyl groups excluding tert-OH is 1. The Morgan fingerprint density at radius 3 is 1.05 bits per heavy atom. The first-order valence-electron chi connectivity index (χ1n) is 34.7. The average Bonchev–Trinajstić information content (AvgIpc) is 3.41. The van der Waals surface area contributed by atoms with Crippen LogP contribution in [0.4, 0.5) is 0 Å². The molecule has 3 atom stereocenters. The van der Waals surface area contributed by atoms with E-state index in [0.29, 0.717) is 23.9 Å². The third-order valence-electron chi connectivity index (χ3n) is 16.2. The van der Waals surface area contributed by atoms with Crippen molar-refractivity contribution in [1.29, 1.82) is 0 Å². The fourth-order valence-corrected chi connectivity index (χ4v) is 11.5. The third kappa shape index (κ3) is 62.6. The van der Waals surface area contributed by atoms with E-state index < -0.39 is 20.0 Å². The van der Waals surface area contributed by atoms with E-state index in [-0.39, 0.29) is 19.1 Å². The number of likely N-dealkylation sites (N-methyl/N-ethyl adjacent to an activating group) is 1. The second-order valence-electron chi connectivity index (χ2n) is 25.3. The van der Waals surface area contributed by atoms with E-state index in [9.17, 15) is 19.4 Å². The molecule has 0 aromatic carbocycles. The summed E-state index contributed by atoms with van der Waals surface area (Å²) in [6.07, 6.45) is 78.5. The summed E-state index contributed by atoms with van der Waals surface area (Å²) in [6.45, 7) is 4.95. The van der Waals surface area contributed by atoms with Crippen LogP contribution < -0.4 is 5.32 Å². The molecule has 0 aliphatic carbocycles. The van der Waals surface area contributed by atoms with E-state index in [1.165, 1.54) is 289 Å². The summed E-state index contributed by atoms with van der Waals surface area (Å²) in [5, 5.41) is 14.1. The molecule has 0 radical (unpaired) electrons. The van der Waals surface area contributed by atoms with Crippen LogP contribution in [0.3, 0.4) is 0 Å². The molecule has 0 aliphatic rings. The van der Waals surface area contributed by atoms with Gasteiger partial charge in [-0.15, -0.1) is 0 Å². The largest absolute Gasteiger partial charge is 0.472 e. The Bertz CT molecular complexity index is 1320. The second-order valence-corrected chi connectivity index (χ2v) is 26.7. The van der Waals surface area contributed by atoms with Crippen LogP contribution in [-0.2, 0) is 18.4 Å². The monoisotopic (exact) mass is 1120 g/mol. The van der Waals surface area contributed by atoms with Crippen LogP contribution in [0.1, 0.15) is 361 Å². The lowest BCUT2D eigenvalue weighted by Gasteiger charge is -2.26. The summed E-state index contributed by atoms with van der Waals surface area (Å²) in [5.41, 5.74) is 0. The van der Waals surface area contributed by atoms with Gasteiger partial charge in [0.15, 0.2) is 0 Å². The predicted octanol–water partition coefficient (Wildman–Crippen LogP) is 21.9. The molecule has 0 bridgehead atoms. The van der Waals surface area contributed by atoms with Crippen molar-refractivity contribution in [3.05, 3.63) is 24.3 Å². The van der Waals surface area contributed by atoms with E-state index >= 15 is 0 Å². The van der Waals surface area contributed by atoms with Crippen LogP contribution in [0, 0.1) is 0 Å². The fourth-order valence-electron chi connectivity index (χ4n) is 10.8. The number of aliphatic hydroxyl groups is 1. The van der Waals surface area contributed by atoms with E-state index in [4.69, 9.17) is 9.05 Å². The maximum absolute atomic E-state index is 13.1. The van der Waals surface area contributed by atoms with Gasteiger partial charge in [0.25, 0.3) is 0 Å². The van der Waals surface area contributed by atoms with Crippen molar-refractivity contribution < 1.29 is 32.9 Å². The summed E-state index contributed by atoms with van der Waals surface area (Å²) in [5.74, 6) is -0.137. The number of quaternary nitrogens is 1. The average molecular weight is 1120 g/mol. The normalized spacial score (nSPS) is 13.8. The molecule has 0 spiro atoms. The van der Waals surface area contributed by atoms with Crippen molar-refractivity contribution >= 4 is 13.7 Å². The summed E-state index contributed by atoms with van der Waals surface area (Å²) in [7, 11) is 1.63. The number of amides is 1. The number of phosphoric acid groups is 1. The highest BCUT2D eigenvalue weighted by atomic mass is 31.2. The number of nitrogens with zero attached hydrogens (tertiary/aromatic N) is 1. The lowest BCUT2D eigenvalue weighted by atomic mass is 10.0. The molecule has 78 heavy (non-hydrogen) atoms. The molecular weight excluding hydrogens is 984 g/mol. The maximum Gasteiger partial charge on any atom is 0.472 e. The molecule has 0 rings (SSSR count). The number of allylic oxidation sites excluding steroid dienone is 4. The highest BCUT2D eigenvalue weighted by Gasteiger charge is 2.28. The molecule has 0 aliphatic heterocycles. The number of hydrogen-bond donors (Lipinski definition) is 3. The first-order valence-corrected chi connectivity index (χ1v) is 36.2. The van der Waals surface area contributed by atoms with Crippen molar-refractivity contribution in [2.75, 3.05) is 40.9 Å². The molecule has 464 valence electrons. The zero-order valence-corrected chi connectivity index (χ0v) is 54.1. The zero-order chi connectivity index (χ0) is 57.0. The van der Waals surface area contributed by atoms with E-state index in [0.717, 1.165) is 44.9 Å². The minimum atomic E-state index is -4.33. The van der Waals surface area contributed by atoms with Crippen molar-refractivity contribution in [2.24, 2.45) is 0 Å². The van der Waals surface area contributed by atoms with Crippen LogP contribution in [0.2, 0.25) is 0 Å². The lowest BCUT2D eigenvalue weighted by molar-refractivity contribution is -0.870. The quantitative estimate of drug-likeness (QED) is 0.0243. The van der Waals surface area contributed by atoms with Crippen molar-refractivity contribution in [3.63, 3.8) is 0 Å². The van der Waals surface area contributed by atoms with Gasteiger partial charge in [-0.25, -0.2) is 4.57 Å². The van der Waals surface area contributed by atoms with Gasteiger partial charge in [0.2, 0.25) is 5.91 Å². The molecule has 3 unspecified atom stereocenters. The molecule has 0 heterocycles. The van der Waals surface area contributed by atoms with Gasteiger partial charge < -0.3 is 19.8 Å². The Balaban J connectivity index is 4.00. The molecular formula is C69H138N2O6P+. The van der Waals surface area contributed by atoms with Crippen LogP contribution in [0.25, 0.3) is 0 Å². The number of phosphoric ester groups is 1. The van der Waals surface area contributed by atoms with Gasteiger partial charge >= 0.3 is 7.82 Å². The van der Waals surface area contributed by atoms with E-state index in [1.54, 1.807) is 0 Å². The van der Waals surface area contributed by atoms with Crippen LogP contribution in [0.5, 0.6) is 0 Å². The summed E-state index contributed by atoms with van der Waals surface area (Å²) in [4.78, 5) is 23.4. The van der Waals surface area contributed by atoms with Gasteiger partial charge in [0.1, 0.15) is 13.2 Å². The van der Waals surface area contributed by atoms with Crippen LogP contribution >= 0.6 is 7.82 Å². The number of rotatable bonds is 65. The van der Waals surface area contributed by atoms with E-state index in [2.05, 4.69) is 43.5 Å².